The van der Waals surface area contributed by atoms with E-state index in [-0.39, 0.29) is 24.1 Å². The number of hydrogen-bond donors (Lipinski definition) is 1. The molecular weight excluding hydrogens is 271 g/mol. The van der Waals surface area contributed by atoms with Gasteiger partial charge < -0.3 is 10.2 Å². The van der Waals surface area contributed by atoms with E-state index < -0.39 is 0 Å². The van der Waals surface area contributed by atoms with E-state index in [9.17, 15) is 14.0 Å². The Morgan fingerprint density at radius 3 is 2.71 bits per heavy atom. The molecule has 21 heavy (non-hydrogen) atoms. The predicted molar refractivity (Wildman–Crippen MR) is 80.2 cm³/mol. The molecule has 0 atom stereocenters. The van der Waals surface area contributed by atoms with E-state index >= 15 is 0 Å². The zero-order chi connectivity index (χ0) is 15.7. The molecule has 0 aliphatic rings. The van der Waals surface area contributed by atoms with Gasteiger partial charge >= 0.3 is 0 Å². The van der Waals surface area contributed by atoms with Crippen LogP contribution in [0, 0.1) is 5.82 Å². The fraction of sp³-hybridized carbons (Fsp3) is 0.375. The molecule has 0 heterocycles. The summed E-state index contributed by atoms with van der Waals surface area (Å²) >= 11 is 0. The molecule has 0 saturated heterocycles. The van der Waals surface area contributed by atoms with E-state index in [0.29, 0.717) is 31.6 Å². The van der Waals surface area contributed by atoms with Crippen LogP contribution in [0.2, 0.25) is 0 Å². The molecule has 0 aromatic heterocycles. The highest BCUT2D eigenvalue weighted by molar-refractivity contribution is 5.78. The fourth-order valence-electron chi connectivity index (χ4n) is 1.90. The van der Waals surface area contributed by atoms with Crippen molar-refractivity contribution in [3.63, 3.8) is 0 Å². The van der Waals surface area contributed by atoms with Gasteiger partial charge in [-0.05, 0) is 18.1 Å². The van der Waals surface area contributed by atoms with E-state index in [4.69, 9.17) is 0 Å². The average Bonchev–Trinajstić information content (AvgIpc) is 2.45. The third-order valence-electron chi connectivity index (χ3n) is 3.08. The molecule has 2 amide bonds. The fourth-order valence-corrected chi connectivity index (χ4v) is 1.90. The van der Waals surface area contributed by atoms with Crippen LogP contribution in [0.15, 0.2) is 36.9 Å². The highest BCUT2D eigenvalue weighted by Crippen LogP contribution is 2.06. The van der Waals surface area contributed by atoms with Gasteiger partial charge in [-0.2, -0.15) is 0 Å². The minimum Gasteiger partial charge on any atom is -0.356 e. The molecule has 1 N–H and O–H groups in total. The summed E-state index contributed by atoms with van der Waals surface area (Å²) in [6.45, 7) is 6.19. The highest BCUT2D eigenvalue weighted by Gasteiger charge is 2.09. The summed E-state index contributed by atoms with van der Waals surface area (Å²) in [6, 6.07) is 6.49. The van der Waals surface area contributed by atoms with E-state index in [0.717, 1.165) is 0 Å². The van der Waals surface area contributed by atoms with Gasteiger partial charge in [0.05, 0.1) is 0 Å². The van der Waals surface area contributed by atoms with Crippen LogP contribution in [-0.4, -0.2) is 36.3 Å². The Kier molecular flexibility index (Phi) is 7.15. The standard InChI is InChI=1S/C16H21FN2O2/c1-3-11-19(13(2)20)12-9-16(21)18-10-8-14-6-4-5-7-15(14)17/h3-7H,1,8-12H2,2H3,(H,18,21). The minimum absolute atomic E-state index is 0.0888. The Morgan fingerprint density at radius 2 is 2.10 bits per heavy atom. The van der Waals surface area contributed by atoms with Gasteiger partial charge in [-0.15, -0.1) is 6.58 Å². The lowest BCUT2D eigenvalue weighted by Crippen LogP contribution is -2.34. The maximum atomic E-state index is 13.4. The van der Waals surface area contributed by atoms with Crippen LogP contribution in [-0.2, 0) is 16.0 Å². The molecule has 0 aliphatic heterocycles. The maximum absolute atomic E-state index is 13.4. The lowest BCUT2D eigenvalue weighted by molar-refractivity contribution is -0.129. The molecule has 1 rings (SSSR count). The van der Waals surface area contributed by atoms with Crippen LogP contribution >= 0.6 is 0 Å². The molecule has 4 nitrogen and oxygen atoms in total. The monoisotopic (exact) mass is 292 g/mol. The summed E-state index contributed by atoms with van der Waals surface area (Å²) in [4.78, 5) is 24.5. The third-order valence-corrected chi connectivity index (χ3v) is 3.08. The van der Waals surface area contributed by atoms with Gasteiger partial charge in [-0.25, -0.2) is 4.39 Å². The Morgan fingerprint density at radius 1 is 1.38 bits per heavy atom. The van der Waals surface area contributed by atoms with E-state index in [1.807, 2.05) is 0 Å². The molecule has 0 aliphatic carbocycles. The average molecular weight is 292 g/mol. The van der Waals surface area contributed by atoms with Crippen molar-refractivity contribution in [1.29, 1.82) is 0 Å². The maximum Gasteiger partial charge on any atom is 0.221 e. The number of amides is 2. The molecule has 5 heteroatoms. The number of carbonyl (C=O) groups excluding carboxylic acids is 2. The van der Waals surface area contributed by atoms with Gasteiger partial charge in [0.1, 0.15) is 5.82 Å². The summed E-state index contributed by atoms with van der Waals surface area (Å²) in [7, 11) is 0. The van der Waals surface area contributed by atoms with Crippen LogP contribution in [0.3, 0.4) is 0 Å². The van der Waals surface area contributed by atoms with Gasteiger partial charge in [-0.1, -0.05) is 24.3 Å². The van der Waals surface area contributed by atoms with Crippen molar-refractivity contribution in [2.75, 3.05) is 19.6 Å². The van der Waals surface area contributed by atoms with E-state index in [1.54, 1.807) is 29.2 Å². The second-order valence-corrected chi connectivity index (χ2v) is 4.70. The smallest absolute Gasteiger partial charge is 0.221 e. The number of nitrogens with zero attached hydrogens (tertiary/aromatic N) is 1. The Labute approximate surface area is 124 Å². The van der Waals surface area contributed by atoms with Crippen LogP contribution in [0.1, 0.15) is 18.9 Å². The van der Waals surface area contributed by atoms with Crippen molar-refractivity contribution in [3.8, 4) is 0 Å². The summed E-state index contributed by atoms with van der Waals surface area (Å²) in [5, 5.41) is 2.73. The lowest BCUT2D eigenvalue weighted by Gasteiger charge is -2.18. The lowest BCUT2D eigenvalue weighted by atomic mass is 10.1. The number of nitrogens with one attached hydrogen (secondary N) is 1. The van der Waals surface area contributed by atoms with Crippen molar-refractivity contribution in [3.05, 3.63) is 48.3 Å². The number of halogens is 1. The predicted octanol–water partition coefficient (Wildman–Crippen LogP) is 1.91. The Hall–Kier alpha value is -2.17. The van der Waals surface area contributed by atoms with Crippen LogP contribution in [0.25, 0.3) is 0 Å². The van der Waals surface area contributed by atoms with Gasteiger partial charge in [0.2, 0.25) is 11.8 Å². The molecule has 0 radical (unpaired) electrons. The van der Waals surface area contributed by atoms with Gasteiger partial charge in [0.25, 0.3) is 0 Å². The van der Waals surface area contributed by atoms with Crippen molar-refractivity contribution in [2.24, 2.45) is 0 Å². The van der Waals surface area contributed by atoms with Crippen LogP contribution < -0.4 is 5.32 Å². The topological polar surface area (TPSA) is 49.4 Å². The molecule has 1 aromatic carbocycles. The first-order valence-corrected chi connectivity index (χ1v) is 6.91. The highest BCUT2D eigenvalue weighted by atomic mass is 19.1. The SMILES string of the molecule is C=CCN(CCC(=O)NCCc1ccccc1F)C(C)=O. The van der Waals surface area contributed by atoms with E-state index in [2.05, 4.69) is 11.9 Å². The number of hydrogen-bond acceptors (Lipinski definition) is 2. The Bertz CT molecular complexity index is 503. The normalized spacial score (nSPS) is 10.0. The summed E-state index contributed by atoms with van der Waals surface area (Å²) in [5.74, 6) is -0.504. The summed E-state index contributed by atoms with van der Waals surface area (Å²) in [6.07, 6.45) is 2.30. The Balaban J connectivity index is 2.29. The first kappa shape index (κ1) is 16.9. The van der Waals surface area contributed by atoms with Gasteiger partial charge in [0, 0.05) is 33.0 Å². The number of carbonyl (C=O) groups is 2. The molecule has 114 valence electrons. The quantitative estimate of drug-likeness (QED) is 0.744. The number of benzene rings is 1. The number of rotatable bonds is 8. The zero-order valence-electron chi connectivity index (χ0n) is 12.3. The van der Waals surface area contributed by atoms with Gasteiger partial charge in [-0.3, -0.25) is 9.59 Å². The van der Waals surface area contributed by atoms with Crippen molar-refractivity contribution in [1.82, 2.24) is 10.2 Å². The van der Waals surface area contributed by atoms with Crippen LogP contribution in [0.4, 0.5) is 4.39 Å². The molecule has 0 spiro atoms. The first-order chi connectivity index (χ1) is 10.0. The minimum atomic E-state index is -0.263. The second kappa shape index (κ2) is 8.89. The molecular formula is C16H21FN2O2. The van der Waals surface area contributed by atoms with Crippen molar-refractivity contribution in [2.45, 2.75) is 19.8 Å². The van der Waals surface area contributed by atoms with E-state index in [1.165, 1.54) is 13.0 Å². The van der Waals surface area contributed by atoms with Crippen molar-refractivity contribution < 1.29 is 14.0 Å². The summed E-state index contributed by atoms with van der Waals surface area (Å²) in [5.41, 5.74) is 0.579. The van der Waals surface area contributed by atoms with Crippen molar-refractivity contribution >= 4 is 11.8 Å². The summed E-state index contributed by atoms with van der Waals surface area (Å²) < 4.78 is 13.4. The second-order valence-electron chi connectivity index (χ2n) is 4.70. The molecule has 0 fully saturated rings. The zero-order valence-corrected chi connectivity index (χ0v) is 12.3. The molecule has 1 aromatic rings. The molecule has 0 bridgehead atoms. The first-order valence-electron chi connectivity index (χ1n) is 6.91. The molecule has 0 unspecified atom stereocenters. The largest absolute Gasteiger partial charge is 0.356 e. The third kappa shape index (κ3) is 6.21. The molecule has 0 saturated carbocycles. The van der Waals surface area contributed by atoms with Gasteiger partial charge in [0.15, 0.2) is 0 Å². The van der Waals surface area contributed by atoms with Crippen LogP contribution in [0.5, 0.6) is 0 Å².